The summed E-state index contributed by atoms with van der Waals surface area (Å²) in [5.41, 5.74) is 0.834. The van der Waals surface area contributed by atoms with Crippen molar-refractivity contribution in [2.45, 2.75) is 6.92 Å². The third kappa shape index (κ3) is 3.64. The van der Waals surface area contributed by atoms with Crippen LogP contribution in [0.3, 0.4) is 0 Å². The molecule has 3 rings (SSSR count). The van der Waals surface area contributed by atoms with Gasteiger partial charge in [0.25, 0.3) is 11.5 Å². The number of ether oxygens (including phenoxy) is 1. The lowest BCUT2D eigenvalue weighted by Crippen LogP contribution is -2.28. The average molecular weight is 366 g/mol. The Morgan fingerprint density at radius 3 is 2.63 bits per heavy atom. The van der Waals surface area contributed by atoms with E-state index in [2.05, 4.69) is 15.6 Å². The topological polar surface area (TPSA) is 102 Å². The Bertz CT molecular complexity index is 1100. The largest absolute Gasteiger partial charge is 0.495 e. The third-order valence-corrected chi connectivity index (χ3v) is 3.98. The number of carbonyl (C=O) groups excluding carboxylic acids is 2. The van der Waals surface area contributed by atoms with Crippen LogP contribution in [-0.4, -0.2) is 28.5 Å². The molecule has 0 fully saturated rings. The van der Waals surface area contributed by atoms with Crippen molar-refractivity contribution in [1.29, 1.82) is 0 Å². The van der Waals surface area contributed by atoms with E-state index in [0.717, 1.165) is 0 Å². The molecular weight excluding hydrogens is 348 g/mol. The highest BCUT2D eigenvalue weighted by Crippen LogP contribution is 2.28. The van der Waals surface area contributed by atoms with Crippen molar-refractivity contribution in [2.75, 3.05) is 17.7 Å². The fourth-order valence-corrected chi connectivity index (χ4v) is 2.74. The number of hydrogen-bond acceptors (Lipinski definition) is 5. The minimum atomic E-state index is -0.584. The molecule has 0 saturated carbocycles. The molecule has 1 aromatic carbocycles. The Kier molecular flexibility index (Phi) is 4.89. The highest BCUT2D eigenvalue weighted by molar-refractivity contribution is 6.06. The number of nitrogens with one attached hydrogen (secondary N) is 2. The molecule has 0 bridgehead atoms. The first-order valence-corrected chi connectivity index (χ1v) is 8.12. The monoisotopic (exact) mass is 366 g/mol. The van der Waals surface area contributed by atoms with E-state index < -0.39 is 11.5 Å². The number of amides is 2. The van der Waals surface area contributed by atoms with Crippen LogP contribution < -0.4 is 20.9 Å². The summed E-state index contributed by atoms with van der Waals surface area (Å²) in [6, 6.07) is 9.83. The zero-order valence-electron chi connectivity index (χ0n) is 15.1. The lowest BCUT2D eigenvalue weighted by molar-refractivity contribution is -0.114. The minimum Gasteiger partial charge on any atom is -0.495 e. The van der Waals surface area contributed by atoms with Crippen LogP contribution in [0.4, 0.5) is 11.4 Å². The van der Waals surface area contributed by atoms with Crippen molar-refractivity contribution in [2.24, 2.45) is 7.05 Å². The number of aryl methyl sites for hydroxylation is 1. The van der Waals surface area contributed by atoms with E-state index >= 15 is 0 Å². The molecule has 2 amide bonds. The standard InChI is InChI=1S/C19H18N4O4/c1-11(24)21-13-6-7-16(27-3)15(10-13)22-18(25)14-9-12-5-4-8-20-17(12)23(2)19(14)26/h4-10H,1-3H3,(H,21,24)(H,22,25). The van der Waals surface area contributed by atoms with Gasteiger partial charge in [0.15, 0.2) is 0 Å². The van der Waals surface area contributed by atoms with Gasteiger partial charge in [-0.15, -0.1) is 0 Å². The highest BCUT2D eigenvalue weighted by atomic mass is 16.5. The van der Waals surface area contributed by atoms with Crippen LogP contribution in [0.15, 0.2) is 47.4 Å². The van der Waals surface area contributed by atoms with Gasteiger partial charge in [-0.25, -0.2) is 4.98 Å². The van der Waals surface area contributed by atoms with Crippen LogP contribution in [0.1, 0.15) is 17.3 Å². The van der Waals surface area contributed by atoms with Crippen molar-refractivity contribution in [3.05, 3.63) is 58.5 Å². The van der Waals surface area contributed by atoms with E-state index in [1.54, 1.807) is 43.6 Å². The molecule has 8 nitrogen and oxygen atoms in total. The van der Waals surface area contributed by atoms with E-state index in [1.165, 1.54) is 24.7 Å². The Balaban J connectivity index is 2.00. The predicted molar refractivity (Wildman–Crippen MR) is 102 cm³/mol. The molecule has 0 atom stereocenters. The van der Waals surface area contributed by atoms with Crippen molar-refractivity contribution >= 4 is 34.2 Å². The molecule has 0 radical (unpaired) electrons. The number of fused-ring (bicyclic) bond motifs is 1. The quantitative estimate of drug-likeness (QED) is 0.737. The molecular formula is C19H18N4O4. The van der Waals surface area contributed by atoms with Crippen LogP contribution >= 0.6 is 0 Å². The number of methoxy groups -OCH3 is 1. The number of carbonyl (C=O) groups is 2. The lowest BCUT2D eigenvalue weighted by Gasteiger charge is -2.13. The maximum atomic E-state index is 12.7. The molecule has 0 unspecified atom stereocenters. The maximum absolute atomic E-state index is 12.7. The summed E-state index contributed by atoms with van der Waals surface area (Å²) in [6.45, 7) is 1.38. The molecule has 2 heterocycles. The van der Waals surface area contributed by atoms with Crippen LogP contribution in [0.5, 0.6) is 5.75 Å². The van der Waals surface area contributed by atoms with Crippen molar-refractivity contribution in [3.63, 3.8) is 0 Å². The summed E-state index contributed by atoms with van der Waals surface area (Å²) < 4.78 is 6.57. The van der Waals surface area contributed by atoms with E-state index in [9.17, 15) is 14.4 Å². The Hall–Kier alpha value is -3.68. The SMILES string of the molecule is COc1ccc(NC(C)=O)cc1NC(=O)c1cc2cccnc2n(C)c1=O. The van der Waals surface area contributed by atoms with Gasteiger partial charge in [0.05, 0.1) is 12.8 Å². The van der Waals surface area contributed by atoms with Gasteiger partial charge in [0, 0.05) is 31.2 Å². The number of hydrogen-bond donors (Lipinski definition) is 2. The number of pyridine rings is 2. The Labute approximate surface area is 154 Å². The van der Waals surface area contributed by atoms with Gasteiger partial charge < -0.3 is 15.4 Å². The van der Waals surface area contributed by atoms with Gasteiger partial charge >= 0.3 is 0 Å². The average Bonchev–Trinajstić information content (AvgIpc) is 2.64. The second-order valence-electron chi connectivity index (χ2n) is 5.89. The van der Waals surface area contributed by atoms with Crippen LogP contribution in [0.25, 0.3) is 11.0 Å². The zero-order valence-corrected chi connectivity index (χ0v) is 15.1. The first-order chi connectivity index (χ1) is 12.9. The molecule has 8 heteroatoms. The van der Waals surface area contributed by atoms with Gasteiger partial charge in [-0.1, -0.05) is 0 Å². The molecule has 0 aliphatic carbocycles. The molecule has 0 aliphatic rings. The number of nitrogens with zero attached hydrogens (tertiary/aromatic N) is 2. The Morgan fingerprint density at radius 1 is 1.15 bits per heavy atom. The molecule has 138 valence electrons. The first-order valence-electron chi connectivity index (χ1n) is 8.12. The van der Waals surface area contributed by atoms with Crippen molar-refractivity contribution < 1.29 is 14.3 Å². The summed E-state index contributed by atoms with van der Waals surface area (Å²) in [4.78, 5) is 40.7. The molecule has 0 aliphatic heterocycles. The van der Waals surface area contributed by atoms with E-state index in [-0.39, 0.29) is 11.5 Å². The van der Waals surface area contributed by atoms with E-state index in [1.807, 2.05) is 0 Å². The molecule has 0 saturated heterocycles. The fourth-order valence-electron chi connectivity index (χ4n) is 2.74. The van der Waals surface area contributed by atoms with Crippen molar-refractivity contribution in [3.8, 4) is 5.75 Å². The normalized spacial score (nSPS) is 10.5. The third-order valence-electron chi connectivity index (χ3n) is 3.98. The van der Waals surface area contributed by atoms with Gasteiger partial charge in [-0.05, 0) is 36.4 Å². The smallest absolute Gasteiger partial charge is 0.264 e. The summed E-state index contributed by atoms with van der Waals surface area (Å²) >= 11 is 0. The van der Waals surface area contributed by atoms with Crippen molar-refractivity contribution in [1.82, 2.24) is 9.55 Å². The van der Waals surface area contributed by atoms with E-state index in [4.69, 9.17) is 4.74 Å². The van der Waals surface area contributed by atoms with Gasteiger partial charge in [-0.2, -0.15) is 0 Å². The molecule has 27 heavy (non-hydrogen) atoms. The second-order valence-corrected chi connectivity index (χ2v) is 5.89. The molecule has 2 N–H and O–H groups in total. The first kappa shape index (κ1) is 18.1. The fraction of sp³-hybridized carbons (Fsp3) is 0.158. The maximum Gasteiger partial charge on any atom is 0.264 e. The summed E-state index contributed by atoms with van der Waals surface area (Å²) in [7, 11) is 3.02. The minimum absolute atomic E-state index is 0.0232. The zero-order chi connectivity index (χ0) is 19.6. The second kappa shape index (κ2) is 7.28. The highest BCUT2D eigenvalue weighted by Gasteiger charge is 2.17. The lowest BCUT2D eigenvalue weighted by atomic mass is 10.1. The van der Waals surface area contributed by atoms with E-state index in [0.29, 0.717) is 28.2 Å². The number of rotatable bonds is 4. The Morgan fingerprint density at radius 2 is 1.93 bits per heavy atom. The van der Waals surface area contributed by atoms with Gasteiger partial charge in [0.2, 0.25) is 5.91 Å². The van der Waals surface area contributed by atoms with Crippen LogP contribution in [0.2, 0.25) is 0 Å². The summed E-state index contributed by atoms with van der Waals surface area (Å²) in [5.74, 6) is -0.426. The van der Waals surface area contributed by atoms with Crippen LogP contribution in [0, 0.1) is 0 Å². The molecule has 0 spiro atoms. The summed E-state index contributed by atoms with van der Waals surface area (Å²) in [6.07, 6.45) is 1.58. The molecule has 3 aromatic rings. The predicted octanol–water partition coefficient (Wildman–Crippen LogP) is 2.15. The number of benzene rings is 1. The van der Waals surface area contributed by atoms with Crippen LogP contribution in [-0.2, 0) is 11.8 Å². The number of anilines is 2. The molecule has 2 aromatic heterocycles. The summed E-state index contributed by atoms with van der Waals surface area (Å²) in [5, 5.41) is 5.98. The van der Waals surface area contributed by atoms with Gasteiger partial charge in [-0.3, -0.25) is 19.0 Å². The van der Waals surface area contributed by atoms with Gasteiger partial charge in [0.1, 0.15) is 17.0 Å². The number of aromatic nitrogens is 2.